The Bertz CT molecular complexity index is 615. The number of hydrogen-bond acceptors (Lipinski definition) is 4. The molecule has 0 aliphatic carbocycles. The van der Waals surface area contributed by atoms with Gasteiger partial charge in [0.05, 0.1) is 15.3 Å². The summed E-state index contributed by atoms with van der Waals surface area (Å²) in [4.78, 5) is 15.5. The van der Waals surface area contributed by atoms with Gasteiger partial charge in [-0.3, -0.25) is 9.78 Å². The molecule has 0 atom stereocenters. The normalized spacial score (nSPS) is 10.6. The van der Waals surface area contributed by atoms with E-state index in [0.717, 1.165) is 9.13 Å². The quantitative estimate of drug-likeness (QED) is 0.496. The van der Waals surface area contributed by atoms with E-state index in [4.69, 9.17) is 0 Å². The molecule has 1 heterocycles. The molecule has 1 amide bonds. The molecule has 0 fully saturated rings. The molecule has 2 rings (SSSR count). The average Bonchev–Trinajstić information content (AvgIpc) is 2.43. The molecule has 0 bridgehead atoms. The van der Waals surface area contributed by atoms with Crippen LogP contribution in [0.25, 0.3) is 0 Å². The molecular formula is C13H10IN3O2. The monoisotopic (exact) mass is 367 g/mol. The van der Waals surface area contributed by atoms with Gasteiger partial charge in [-0.25, -0.2) is 5.43 Å². The van der Waals surface area contributed by atoms with Crippen molar-refractivity contribution in [2.24, 2.45) is 5.10 Å². The molecule has 5 nitrogen and oxygen atoms in total. The van der Waals surface area contributed by atoms with Crippen LogP contribution in [-0.4, -0.2) is 22.2 Å². The number of nitrogens with one attached hydrogen (secondary N) is 1. The van der Waals surface area contributed by atoms with Crippen molar-refractivity contribution in [2.45, 2.75) is 0 Å². The molecule has 0 spiro atoms. The fraction of sp³-hybridized carbons (Fsp3) is 0. The second kappa shape index (κ2) is 6.28. The number of halogens is 1. The van der Waals surface area contributed by atoms with Crippen molar-refractivity contribution >= 4 is 34.7 Å². The number of hydrazone groups is 1. The predicted octanol–water partition coefficient (Wildman–Crippen LogP) is 2.16. The Morgan fingerprint density at radius 3 is 2.95 bits per heavy atom. The molecule has 19 heavy (non-hydrogen) atoms. The highest BCUT2D eigenvalue weighted by molar-refractivity contribution is 14.1. The third-order valence-electron chi connectivity index (χ3n) is 2.28. The number of phenols is 1. The number of pyridine rings is 1. The van der Waals surface area contributed by atoms with E-state index in [1.54, 1.807) is 36.5 Å². The van der Waals surface area contributed by atoms with Crippen molar-refractivity contribution in [1.29, 1.82) is 0 Å². The fourth-order valence-electron chi connectivity index (χ4n) is 1.33. The van der Waals surface area contributed by atoms with Gasteiger partial charge in [-0.2, -0.15) is 5.10 Å². The third kappa shape index (κ3) is 3.75. The van der Waals surface area contributed by atoms with Crippen LogP contribution in [0, 0.1) is 3.57 Å². The molecule has 2 N–H and O–H groups in total. The van der Waals surface area contributed by atoms with E-state index in [-0.39, 0.29) is 11.7 Å². The second-order valence-electron chi connectivity index (χ2n) is 3.65. The standard InChI is InChI=1S/C13H10IN3O2/c14-11-6-9(3-4-12(11)18)7-16-17-13(19)10-2-1-5-15-8-10/h1-8,18H,(H,17,19). The van der Waals surface area contributed by atoms with Gasteiger partial charge in [-0.1, -0.05) is 0 Å². The second-order valence-corrected chi connectivity index (χ2v) is 4.81. The van der Waals surface area contributed by atoms with Crippen LogP contribution in [0.4, 0.5) is 0 Å². The lowest BCUT2D eigenvalue weighted by Crippen LogP contribution is -2.17. The van der Waals surface area contributed by atoms with Crippen LogP contribution in [0.5, 0.6) is 5.75 Å². The molecule has 6 heteroatoms. The van der Waals surface area contributed by atoms with E-state index in [0.29, 0.717) is 5.56 Å². The zero-order valence-corrected chi connectivity index (χ0v) is 11.9. The first-order valence-corrected chi connectivity index (χ1v) is 6.46. The summed E-state index contributed by atoms with van der Waals surface area (Å²) in [5.74, 6) is -0.102. The number of rotatable bonds is 3. The Balaban J connectivity index is 2.00. The lowest BCUT2D eigenvalue weighted by molar-refractivity contribution is 0.0955. The summed E-state index contributed by atoms with van der Waals surface area (Å²) >= 11 is 2.02. The van der Waals surface area contributed by atoms with Gasteiger partial charge in [0.2, 0.25) is 0 Å². The van der Waals surface area contributed by atoms with Gasteiger partial charge in [0.1, 0.15) is 5.75 Å². The van der Waals surface area contributed by atoms with Gasteiger partial charge in [0.15, 0.2) is 0 Å². The van der Waals surface area contributed by atoms with Crippen LogP contribution in [0.2, 0.25) is 0 Å². The Hall–Kier alpha value is -1.96. The molecule has 2 aromatic rings. The zero-order valence-electron chi connectivity index (χ0n) is 9.75. The minimum atomic E-state index is -0.321. The first-order chi connectivity index (χ1) is 9.16. The third-order valence-corrected chi connectivity index (χ3v) is 3.14. The first-order valence-electron chi connectivity index (χ1n) is 5.39. The average molecular weight is 367 g/mol. The molecule has 0 radical (unpaired) electrons. The van der Waals surface area contributed by atoms with Crippen molar-refractivity contribution < 1.29 is 9.90 Å². The van der Waals surface area contributed by atoms with Gasteiger partial charge in [0, 0.05) is 12.4 Å². The number of nitrogens with zero attached hydrogens (tertiary/aromatic N) is 2. The zero-order chi connectivity index (χ0) is 13.7. The van der Waals surface area contributed by atoms with E-state index >= 15 is 0 Å². The molecule has 1 aromatic heterocycles. The van der Waals surface area contributed by atoms with Gasteiger partial charge in [0.25, 0.3) is 5.91 Å². The number of aromatic nitrogens is 1. The summed E-state index contributed by atoms with van der Waals surface area (Å²) < 4.78 is 0.722. The van der Waals surface area contributed by atoms with Crippen LogP contribution in [0.15, 0.2) is 47.8 Å². The van der Waals surface area contributed by atoms with E-state index < -0.39 is 0 Å². The SMILES string of the molecule is O=C(NN=Cc1ccc(O)c(I)c1)c1cccnc1. The minimum absolute atomic E-state index is 0.220. The van der Waals surface area contributed by atoms with Crippen molar-refractivity contribution in [3.8, 4) is 5.75 Å². The van der Waals surface area contributed by atoms with Gasteiger partial charge >= 0.3 is 0 Å². The van der Waals surface area contributed by atoms with Crippen LogP contribution in [0.1, 0.15) is 15.9 Å². The van der Waals surface area contributed by atoms with Crippen LogP contribution < -0.4 is 5.43 Å². The maximum atomic E-state index is 11.6. The number of carbonyl (C=O) groups is 1. The summed E-state index contributed by atoms with van der Waals surface area (Å²) in [7, 11) is 0. The van der Waals surface area contributed by atoms with E-state index in [1.807, 2.05) is 22.6 Å². The van der Waals surface area contributed by atoms with Crippen LogP contribution in [-0.2, 0) is 0 Å². The maximum absolute atomic E-state index is 11.6. The molecule has 0 unspecified atom stereocenters. The lowest BCUT2D eigenvalue weighted by atomic mass is 10.2. The molecule has 0 saturated heterocycles. The molecular weight excluding hydrogens is 357 g/mol. The lowest BCUT2D eigenvalue weighted by Gasteiger charge is -1.99. The summed E-state index contributed by atoms with van der Waals surface area (Å²) in [6, 6.07) is 8.38. The summed E-state index contributed by atoms with van der Waals surface area (Å²) in [6.07, 6.45) is 4.57. The Kier molecular flexibility index (Phi) is 4.45. The van der Waals surface area contributed by atoms with Gasteiger partial charge in [-0.05, 0) is 58.5 Å². The smallest absolute Gasteiger partial charge is 0.272 e. The van der Waals surface area contributed by atoms with Crippen LogP contribution in [0.3, 0.4) is 0 Å². The number of aromatic hydroxyl groups is 1. The van der Waals surface area contributed by atoms with Crippen molar-refractivity contribution in [2.75, 3.05) is 0 Å². The van der Waals surface area contributed by atoms with Gasteiger partial charge < -0.3 is 5.11 Å². The number of phenolic OH excluding ortho intramolecular Hbond substituents is 1. The Labute approximate surface area is 123 Å². The fourth-order valence-corrected chi connectivity index (χ4v) is 1.87. The predicted molar refractivity (Wildman–Crippen MR) is 80.1 cm³/mol. The number of hydrogen-bond donors (Lipinski definition) is 2. The number of carbonyl (C=O) groups excluding carboxylic acids is 1. The van der Waals surface area contributed by atoms with Crippen molar-refractivity contribution in [1.82, 2.24) is 10.4 Å². The van der Waals surface area contributed by atoms with Gasteiger partial charge in [-0.15, -0.1) is 0 Å². The maximum Gasteiger partial charge on any atom is 0.272 e. The van der Waals surface area contributed by atoms with Crippen molar-refractivity contribution in [3.05, 3.63) is 57.4 Å². The van der Waals surface area contributed by atoms with E-state index in [2.05, 4.69) is 15.5 Å². The van der Waals surface area contributed by atoms with E-state index in [9.17, 15) is 9.90 Å². The van der Waals surface area contributed by atoms with Crippen LogP contribution >= 0.6 is 22.6 Å². The summed E-state index contributed by atoms with van der Waals surface area (Å²) in [5.41, 5.74) is 3.64. The Morgan fingerprint density at radius 2 is 2.26 bits per heavy atom. The summed E-state index contributed by atoms with van der Waals surface area (Å²) in [6.45, 7) is 0. The molecule has 0 saturated carbocycles. The minimum Gasteiger partial charge on any atom is -0.507 e. The topological polar surface area (TPSA) is 74.6 Å². The van der Waals surface area contributed by atoms with Crippen molar-refractivity contribution in [3.63, 3.8) is 0 Å². The van der Waals surface area contributed by atoms with E-state index in [1.165, 1.54) is 12.4 Å². The highest BCUT2D eigenvalue weighted by Gasteiger charge is 2.02. The highest BCUT2D eigenvalue weighted by atomic mass is 127. The molecule has 0 aliphatic rings. The number of benzene rings is 1. The first kappa shape index (κ1) is 13.5. The molecule has 0 aliphatic heterocycles. The molecule has 96 valence electrons. The summed E-state index contributed by atoms with van der Waals surface area (Å²) in [5, 5.41) is 13.2. The number of amides is 1. The molecule has 1 aromatic carbocycles. The largest absolute Gasteiger partial charge is 0.507 e. The highest BCUT2D eigenvalue weighted by Crippen LogP contribution is 2.19. The Morgan fingerprint density at radius 1 is 1.42 bits per heavy atom.